The summed E-state index contributed by atoms with van der Waals surface area (Å²) in [5.74, 6) is 0. The molecule has 3 heteroatoms. The fourth-order valence-electron chi connectivity index (χ4n) is 2.25. The van der Waals surface area contributed by atoms with Crippen molar-refractivity contribution in [2.75, 3.05) is 0 Å². The molecule has 0 aliphatic heterocycles. The van der Waals surface area contributed by atoms with Gasteiger partial charge in [0.05, 0.1) is 0 Å². The van der Waals surface area contributed by atoms with E-state index in [0.717, 1.165) is 12.8 Å². The zero-order chi connectivity index (χ0) is 13.7. The molecule has 0 spiro atoms. The largest absolute Gasteiger partial charge is 0.303 e. The second-order valence-corrected chi connectivity index (χ2v) is 5.99. The standard InChI is InChI=1S/C16H22N2S/c1-4-14-6-7-16(19-14)12(3)18-15(5-2)13-8-10-17-11-9-13/h6-12,15,18H,4-5H2,1-3H3/t12-,15-/m1/s1. The van der Waals surface area contributed by atoms with Gasteiger partial charge in [-0.25, -0.2) is 0 Å². The summed E-state index contributed by atoms with van der Waals surface area (Å²) in [4.78, 5) is 6.97. The molecule has 0 amide bonds. The number of nitrogens with zero attached hydrogens (tertiary/aromatic N) is 1. The number of aryl methyl sites for hydroxylation is 1. The highest BCUT2D eigenvalue weighted by molar-refractivity contribution is 7.12. The normalized spacial score (nSPS) is 14.3. The first-order chi connectivity index (χ1) is 9.24. The Labute approximate surface area is 119 Å². The third-order valence-corrected chi connectivity index (χ3v) is 4.84. The van der Waals surface area contributed by atoms with Crippen molar-refractivity contribution in [2.24, 2.45) is 0 Å². The zero-order valence-corrected chi connectivity index (χ0v) is 12.7. The first-order valence-electron chi connectivity index (χ1n) is 6.99. The van der Waals surface area contributed by atoms with Crippen LogP contribution in [0, 0.1) is 0 Å². The van der Waals surface area contributed by atoms with E-state index in [-0.39, 0.29) is 0 Å². The molecule has 1 N–H and O–H groups in total. The van der Waals surface area contributed by atoms with E-state index in [0.29, 0.717) is 12.1 Å². The van der Waals surface area contributed by atoms with Gasteiger partial charge in [-0.1, -0.05) is 13.8 Å². The molecule has 0 aromatic carbocycles. The Morgan fingerprint density at radius 3 is 2.47 bits per heavy atom. The molecule has 2 atom stereocenters. The van der Waals surface area contributed by atoms with E-state index in [9.17, 15) is 0 Å². The smallest absolute Gasteiger partial charge is 0.0391 e. The minimum Gasteiger partial charge on any atom is -0.303 e. The lowest BCUT2D eigenvalue weighted by molar-refractivity contribution is 0.460. The van der Waals surface area contributed by atoms with Gasteiger partial charge in [0, 0.05) is 34.2 Å². The molecule has 2 nitrogen and oxygen atoms in total. The molecule has 0 aliphatic carbocycles. The SMILES string of the molecule is CCc1ccc([C@@H](C)N[C@H](CC)c2ccncc2)s1. The third-order valence-electron chi connectivity index (χ3n) is 3.43. The van der Waals surface area contributed by atoms with Gasteiger partial charge in [0.25, 0.3) is 0 Å². The Bertz CT molecular complexity index is 492. The molecule has 0 radical (unpaired) electrons. The summed E-state index contributed by atoms with van der Waals surface area (Å²) in [6.07, 6.45) is 5.94. The second kappa shape index (κ2) is 6.83. The Balaban J connectivity index is 2.06. The van der Waals surface area contributed by atoms with Crippen LogP contribution in [0.4, 0.5) is 0 Å². The summed E-state index contributed by atoms with van der Waals surface area (Å²) in [5, 5.41) is 3.72. The highest BCUT2D eigenvalue weighted by Gasteiger charge is 2.14. The number of hydrogen-bond acceptors (Lipinski definition) is 3. The van der Waals surface area contributed by atoms with E-state index in [2.05, 4.69) is 55.3 Å². The fourth-order valence-corrected chi connectivity index (χ4v) is 3.21. The van der Waals surface area contributed by atoms with Crippen LogP contribution in [-0.4, -0.2) is 4.98 Å². The Morgan fingerprint density at radius 1 is 1.16 bits per heavy atom. The van der Waals surface area contributed by atoms with Crippen LogP contribution < -0.4 is 5.32 Å². The van der Waals surface area contributed by atoms with Gasteiger partial charge in [0.2, 0.25) is 0 Å². The van der Waals surface area contributed by atoms with Gasteiger partial charge in [-0.2, -0.15) is 0 Å². The van der Waals surface area contributed by atoms with Crippen molar-refractivity contribution in [1.29, 1.82) is 0 Å². The van der Waals surface area contributed by atoms with E-state index >= 15 is 0 Å². The van der Waals surface area contributed by atoms with Crippen LogP contribution in [-0.2, 0) is 6.42 Å². The highest BCUT2D eigenvalue weighted by Crippen LogP contribution is 2.27. The van der Waals surface area contributed by atoms with Crippen LogP contribution in [0.3, 0.4) is 0 Å². The minimum atomic E-state index is 0.392. The molecule has 2 aromatic rings. The van der Waals surface area contributed by atoms with E-state index in [4.69, 9.17) is 0 Å². The number of hydrogen-bond donors (Lipinski definition) is 1. The fraction of sp³-hybridized carbons (Fsp3) is 0.438. The first-order valence-corrected chi connectivity index (χ1v) is 7.80. The maximum Gasteiger partial charge on any atom is 0.0391 e. The van der Waals surface area contributed by atoms with Crippen molar-refractivity contribution in [2.45, 2.75) is 45.7 Å². The lowest BCUT2D eigenvalue weighted by atomic mass is 10.0. The Kier molecular flexibility index (Phi) is 5.11. The van der Waals surface area contributed by atoms with Crippen molar-refractivity contribution in [3.05, 3.63) is 52.0 Å². The van der Waals surface area contributed by atoms with Gasteiger partial charge in [-0.05, 0) is 49.6 Å². The summed E-state index contributed by atoms with van der Waals surface area (Å²) >= 11 is 1.91. The lowest BCUT2D eigenvalue weighted by Crippen LogP contribution is -2.23. The molecular weight excluding hydrogens is 252 g/mol. The second-order valence-electron chi connectivity index (χ2n) is 4.79. The van der Waals surface area contributed by atoms with Crippen LogP contribution in [0.25, 0.3) is 0 Å². The maximum absolute atomic E-state index is 4.09. The molecule has 2 heterocycles. The molecule has 2 aromatic heterocycles. The maximum atomic E-state index is 4.09. The number of thiophene rings is 1. The van der Waals surface area contributed by atoms with Gasteiger partial charge < -0.3 is 5.32 Å². The minimum absolute atomic E-state index is 0.392. The number of nitrogens with one attached hydrogen (secondary N) is 1. The van der Waals surface area contributed by atoms with Crippen molar-refractivity contribution >= 4 is 11.3 Å². The van der Waals surface area contributed by atoms with Gasteiger partial charge in [-0.3, -0.25) is 4.98 Å². The van der Waals surface area contributed by atoms with Crippen LogP contribution in [0.2, 0.25) is 0 Å². The van der Waals surface area contributed by atoms with Gasteiger partial charge in [-0.15, -0.1) is 11.3 Å². The van der Waals surface area contributed by atoms with Crippen molar-refractivity contribution in [3.8, 4) is 0 Å². The van der Waals surface area contributed by atoms with Gasteiger partial charge in [0.15, 0.2) is 0 Å². The van der Waals surface area contributed by atoms with Crippen LogP contribution in [0.5, 0.6) is 0 Å². The van der Waals surface area contributed by atoms with Crippen molar-refractivity contribution in [1.82, 2.24) is 10.3 Å². The summed E-state index contributed by atoms with van der Waals surface area (Å²) in [6, 6.07) is 9.47. The molecule has 102 valence electrons. The van der Waals surface area contributed by atoms with Crippen molar-refractivity contribution < 1.29 is 0 Å². The number of aromatic nitrogens is 1. The average Bonchev–Trinajstić information content (AvgIpc) is 2.94. The van der Waals surface area contributed by atoms with E-state index in [1.807, 2.05) is 23.7 Å². The predicted octanol–water partition coefficient (Wildman–Crippen LogP) is 4.51. The van der Waals surface area contributed by atoms with Crippen molar-refractivity contribution in [3.63, 3.8) is 0 Å². The third kappa shape index (κ3) is 3.64. The van der Waals surface area contributed by atoms with E-state index in [1.165, 1.54) is 15.3 Å². The van der Waals surface area contributed by atoms with Crippen LogP contribution >= 0.6 is 11.3 Å². The molecular formula is C16H22N2S. The quantitative estimate of drug-likeness (QED) is 0.838. The highest BCUT2D eigenvalue weighted by atomic mass is 32.1. The molecule has 0 saturated carbocycles. The Morgan fingerprint density at radius 2 is 1.89 bits per heavy atom. The lowest BCUT2D eigenvalue weighted by Gasteiger charge is -2.22. The van der Waals surface area contributed by atoms with Gasteiger partial charge >= 0.3 is 0 Å². The average molecular weight is 274 g/mol. The van der Waals surface area contributed by atoms with Crippen LogP contribution in [0.1, 0.15) is 54.6 Å². The number of pyridine rings is 1. The molecule has 0 bridgehead atoms. The molecule has 0 fully saturated rings. The van der Waals surface area contributed by atoms with Crippen LogP contribution in [0.15, 0.2) is 36.7 Å². The summed E-state index contributed by atoms with van der Waals surface area (Å²) < 4.78 is 0. The predicted molar refractivity (Wildman–Crippen MR) is 82.5 cm³/mol. The zero-order valence-electron chi connectivity index (χ0n) is 11.9. The monoisotopic (exact) mass is 274 g/mol. The van der Waals surface area contributed by atoms with E-state index < -0.39 is 0 Å². The molecule has 0 saturated heterocycles. The topological polar surface area (TPSA) is 24.9 Å². The molecule has 0 aliphatic rings. The summed E-state index contributed by atoms with van der Waals surface area (Å²) in [6.45, 7) is 6.67. The summed E-state index contributed by atoms with van der Waals surface area (Å²) in [7, 11) is 0. The Hall–Kier alpha value is -1.19. The van der Waals surface area contributed by atoms with Gasteiger partial charge in [0.1, 0.15) is 0 Å². The molecule has 2 rings (SSSR count). The molecule has 19 heavy (non-hydrogen) atoms. The number of rotatable bonds is 6. The summed E-state index contributed by atoms with van der Waals surface area (Å²) in [5.41, 5.74) is 1.32. The van der Waals surface area contributed by atoms with E-state index in [1.54, 1.807) is 0 Å². The molecule has 0 unspecified atom stereocenters. The first kappa shape index (κ1) is 14.2.